The number of benzene rings is 1. The average Bonchev–Trinajstić information content (AvgIpc) is 2.82. The highest BCUT2D eigenvalue weighted by Gasteiger charge is 2.28. The van der Waals surface area contributed by atoms with E-state index >= 15 is 0 Å². The smallest absolute Gasteiger partial charge is 0.228 e. The minimum Gasteiger partial charge on any atom is -0.393 e. The lowest BCUT2D eigenvalue weighted by atomic mass is 10.0. The van der Waals surface area contributed by atoms with E-state index in [0.717, 1.165) is 17.7 Å². The number of hydrogen-bond acceptors (Lipinski definition) is 3. The summed E-state index contributed by atoms with van der Waals surface area (Å²) in [5, 5.41) is 12.4. The zero-order valence-corrected chi connectivity index (χ0v) is 11.4. The number of hydrogen-bond donors (Lipinski definition) is 2. The molecule has 1 heterocycles. The zero-order chi connectivity index (χ0) is 13.0. The molecule has 2 N–H and O–H groups in total. The van der Waals surface area contributed by atoms with Gasteiger partial charge in [-0.25, -0.2) is 0 Å². The van der Waals surface area contributed by atoms with E-state index in [2.05, 4.69) is 11.4 Å². The molecule has 1 aliphatic heterocycles. The highest BCUT2D eigenvalue weighted by atomic mass is 32.2. The molecule has 18 heavy (non-hydrogen) atoms. The van der Waals surface area contributed by atoms with Crippen LogP contribution in [0.5, 0.6) is 0 Å². The Labute approximate surface area is 112 Å². The van der Waals surface area contributed by atoms with E-state index in [9.17, 15) is 9.90 Å². The third kappa shape index (κ3) is 3.06. The molecule has 1 aromatic carbocycles. The average molecular weight is 265 g/mol. The fourth-order valence-corrected chi connectivity index (χ4v) is 3.30. The number of thioether (sulfide) groups is 1. The molecule has 0 aliphatic carbocycles. The van der Waals surface area contributed by atoms with E-state index in [0.29, 0.717) is 13.0 Å². The minimum atomic E-state index is -0.310. The first kappa shape index (κ1) is 13.4. The van der Waals surface area contributed by atoms with Crippen molar-refractivity contribution in [2.24, 2.45) is 0 Å². The fraction of sp³-hybridized carbons (Fsp3) is 0.500. The number of carbonyl (C=O) groups excluding carboxylic acids is 1. The zero-order valence-electron chi connectivity index (χ0n) is 10.6. The second-order valence-corrected chi connectivity index (χ2v) is 5.61. The molecule has 0 saturated heterocycles. The maximum Gasteiger partial charge on any atom is 0.228 e. The van der Waals surface area contributed by atoms with Crippen molar-refractivity contribution in [1.82, 2.24) is 5.32 Å². The molecule has 4 heteroatoms. The number of rotatable bonds is 5. The molecule has 2 atom stereocenters. The lowest BCUT2D eigenvalue weighted by molar-refractivity contribution is -0.122. The Morgan fingerprint density at radius 1 is 1.56 bits per heavy atom. The molecule has 2 unspecified atom stereocenters. The van der Waals surface area contributed by atoms with Gasteiger partial charge >= 0.3 is 0 Å². The molecule has 2 rings (SSSR count). The monoisotopic (exact) mass is 265 g/mol. The van der Waals surface area contributed by atoms with Crippen LogP contribution in [0.3, 0.4) is 0 Å². The first-order chi connectivity index (χ1) is 8.72. The Morgan fingerprint density at radius 3 is 3.11 bits per heavy atom. The van der Waals surface area contributed by atoms with E-state index in [-0.39, 0.29) is 17.9 Å². The molecule has 1 aromatic rings. The Hall–Kier alpha value is -1.00. The molecule has 1 amide bonds. The van der Waals surface area contributed by atoms with Crippen molar-refractivity contribution in [3.8, 4) is 0 Å². The van der Waals surface area contributed by atoms with Crippen LogP contribution in [0.4, 0.5) is 0 Å². The summed E-state index contributed by atoms with van der Waals surface area (Å²) in [5.41, 5.74) is 1.14. The van der Waals surface area contributed by atoms with E-state index in [1.54, 1.807) is 11.8 Å². The Kier molecular flexibility index (Phi) is 4.66. The number of aliphatic hydroxyl groups excluding tert-OH is 1. The quantitative estimate of drug-likeness (QED) is 0.857. The lowest BCUT2D eigenvalue weighted by Crippen LogP contribution is -2.31. The van der Waals surface area contributed by atoms with Gasteiger partial charge in [-0.2, -0.15) is 0 Å². The van der Waals surface area contributed by atoms with Crippen LogP contribution in [0, 0.1) is 0 Å². The van der Waals surface area contributed by atoms with Crippen molar-refractivity contribution in [3.63, 3.8) is 0 Å². The predicted octanol–water partition coefficient (Wildman–Crippen LogP) is 2.15. The van der Waals surface area contributed by atoms with Crippen LogP contribution in [0.1, 0.15) is 31.2 Å². The Bertz CT molecular complexity index is 422. The second-order valence-electron chi connectivity index (χ2n) is 4.54. The molecule has 1 aliphatic rings. The van der Waals surface area contributed by atoms with Gasteiger partial charge in [0.1, 0.15) is 0 Å². The third-order valence-electron chi connectivity index (χ3n) is 3.26. The van der Waals surface area contributed by atoms with Crippen LogP contribution >= 0.6 is 11.8 Å². The number of aliphatic hydroxyl groups is 1. The first-order valence-corrected chi connectivity index (χ1v) is 7.38. The molecule has 98 valence electrons. The van der Waals surface area contributed by atoms with Crippen molar-refractivity contribution in [1.29, 1.82) is 0 Å². The van der Waals surface area contributed by atoms with Crippen molar-refractivity contribution in [2.75, 3.05) is 12.3 Å². The van der Waals surface area contributed by atoms with Gasteiger partial charge in [0.15, 0.2) is 0 Å². The largest absolute Gasteiger partial charge is 0.393 e. The van der Waals surface area contributed by atoms with Crippen LogP contribution < -0.4 is 5.32 Å². The predicted molar refractivity (Wildman–Crippen MR) is 73.8 cm³/mol. The summed E-state index contributed by atoms with van der Waals surface area (Å²) < 4.78 is 0. The summed E-state index contributed by atoms with van der Waals surface area (Å²) in [6, 6.07) is 8.07. The van der Waals surface area contributed by atoms with E-state index < -0.39 is 0 Å². The van der Waals surface area contributed by atoms with Gasteiger partial charge in [-0.1, -0.05) is 25.1 Å². The second kappa shape index (κ2) is 6.25. The standard InChI is InChI=1S/C14H19NO2S/c1-2-10(16)7-8-15-14(17)12-9-18-13-6-4-3-5-11(12)13/h3-6,10,12,16H,2,7-9H2,1H3,(H,15,17). The number of fused-ring (bicyclic) bond motifs is 1. The highest BCUT2D eigenvalue weighted by Crippen LogP contribution is 2.39. The third-order valence-corrected chi connectivity index (χ3v) is 4.45. The van der Waals surface area contributed by atoms with Gasteiger partial charge in [0.2, 0.25) is 5.91 Å². The van der Waals surface area contributed by atoms with Crippen LogP contribution in [0.2, 0.25) is 0 Å². The highest BCUT2D eigenvalue weighted by molar-refractivity contribution is 7.99. The summed E-state index contributed by atoms with van der Waals surface area (Å²) in [5.74, 6) is 0.863. The van der Waals surface area contributed by atoms with Crippen molar-refractivity contribution >= 4 is 17.7 Å². The number of nitrogens with one attached hydrogen (secondary N) is 1. The normalized spacial score (nSPS) is 19.3. The molecule has 0 saturated carbocycles. The van der Waals surface area contributed by atoms with Crippen LogP contribution in [-0.2, 0) is 4.79 Å². The van der Waals surface area contributed by atoms with Gasteiger partial charge in [-0.3, -0.25) is 4.79 Å². The number of carbonyl (C=O) groups is 1. The molecular formula is C14H19NO2S. The van der Waals surface area contributed by atoms with E-state index in [1.165, 1.54) is 4.90 Å². The molecule has 0 bridgehead atoms. The number of amides is 1. The molecule has 0 aromatic heterocycles. The first-order valence-electron chi connectivity index (χ1n) is 6.40. The topological polar surface area (TPSA) is 49.3 Å². The summed E-state index contributed by atoms with van der Waals surface area (Å²) in [6.45, 7) is 2.49. The van der Waals surface area contributed by atoms with Crippen molar-refractivity contribution in [3.05, 3.63) is 29.8 Å². The molecule has 0 fully saturated rings. The van der Waals surface area contributed by atoms with E-state index in [4.69, 9.17) is 0 Å². The molecule has 3 nitrogen and oxygen atoms in total. The molecule has 0 radical (unpaired) electrons. The summed E-state index contributed by atoms with van der Waals surface area (Å²) in [6.07, 6.45) is 1.05. The summed E-state index contributed by atoms with van der Waals surface area (Å²) >= 11 is 1.74. The van der Waals surface area contributed by atoms with Gasteiger partial charge in [-0.15, -0.1) is 11.8 Å². The lowest BCUT2D eigenvalue weighted by Gasteiger charge is -2.13. The summed E-state index contributed by atoms with van der Waals surface area (Å²) in [7, 11) is 0. The van der Waals surface area contributed by atoms with Crippen molar-refractivity contribution < 1.29 is 9.90 Å². The molecule has 0 spiro atoms. The Balaban J connectivity index is 1.88. The van der Waals surface area contributed by atoms with Gasteiger partial charge in [0.05, 0.1) is 12.0 Å². The Morgan fingerprint density at radius 2 is 2.33 bits per heavy atom. The minimum absolute atomic E-state index is 0.0371. The SMILES string of the molecule is CCC(O)CCNC(=O)C1CSc2ccccc21. The summed E-state index contributed by atoms with van der Waals surface area (Å²) in [4.78, 5) is 13.3. The van der Waals surface area contributed by atoms with Gasteiger partial charge in [-0.05, 0) is 24.5 Å². The maximum atomic E-state index is 12.1. The van der Waals surface area contributed by atoms with Gasteiger partial charge < -0.3 is 10.4 Å². The maximum absolute atomic E-state index is 12.1. The van der Waals surface area contributed by atoms with Crippen molar-refractivity contribution in [2.45, 2.75) is 36.7 Å². The van der Waals surface area contributed by atoms with Crippen LogP contribution in [0.25, 0.3) is 0 Å². The van der Waals surface area contributed by atoms with Crippen LogP contribution in [0.15, 0.2) is 29.2 Å². The van der Waals surface area contributed by atoms with Crippen LogP contribution in [-0.4, -0.2) is 29.4 Å². The van der Waals surface area contributed by atoms with E-state index in [1.807, 2.05) is 25.1 Å². The fourth-order valence-electron chi connectivity index (χ4n) is 2.07. The van der Waals surface area contributed by atoms with Gasteiger partial charge in [0.25, 0.3) is 0 Å². The molecular weight excluding hydrogens is 246 g/mol. The van der Waals surface area contributed by atoms with Gasteiger partial charge in [0, 0.05) is 17.2 Å².